The van der Waals surface area contributed by atoms with Gasteiger partial charge in [-0.05, 0) is 60.4 Å². The lowest BCUT2D eigenvalue weighted by atomic mass is 10.1. The third-order valence-electron chi connectivity index (χ3n) is 5.38. The van der Waals surface area contributed by atoms with Gasteiger partial charge in [-0.1, -0.05) is 50.1 Å². The Hall–Kier alpha value is -3.58. The Balaban J connectivity index is 1.82. The number of aliphatic imine (C=N–C) groups is 1. The zero-order valence-electron chi connectivity index (χ0n) is 19.7. The summed E-state index contributed by atoms with van der Waals surface area (Å²) < 4.78 is 7.81. The first-order chi connectivity index (χ1) is 16.6. The quantitative estimate of drug-likeness (QED) is 0.213. The number of carbonyl (C=O) groups excluding carboxylic acids is 1. The molecule has 7 heteroatoms. The van der Waals surface area contributed by atoms with Crippen molar-refractivity contribution in [1.82, 2.24) is 9.88 Å². The average Bonchev–Trinajstić information content (AvgIpc) is 3.26. The Kier molecular flexibility index (Phi) is 9.73. The Morgan fingerprint density at radius 1 is 0.971 bits per heavy atom. The predicted octanol–water partition coefficient (Wildman–Crippen LogP) is 4.20. The molecule has 0 aliphatic carbocycles. The smallest absolute Gasteiger partial charge is 0.246 e. The van der Waals surface area contributed by atoms with Crippen molar-refractivity contribution in [2.75, 3.05) is 19.8 Å². The van der Waals surface area contributed by atoms with Crippen molar-refractivity contribution in [2.24, 2.45) is 10.7 Å². The van der Waals surface area contributed by atoms with Crippen molar-refractivity contribution in [3.8, 4) is 28.3 Å². The summed E-state index contributed by atoms with van der Waals surface area (Å²) in [6.45, 7) is 3.35. The standard InChI is InChI=1S/C27H34N4O3/c1-2-3-7-19-34-23-13-11-22(12-14-23)25-16-15-24(21-9-5-4-6-10-21)31(25)20-26(33)30-27(28)29-17-8-18-32/h4-6,9-16,32H,2-3,7-8,17-20H2,1H3,(H3,28,29,30,33). The van der Waals surface area contributed by atoms with Crippen LogP contribution in [0.2, 0.25) is 0 Å². The number of unbranched alkanes of at least 4 members (excludes halogenated alkanes) is 2. The van der Waals surface area contributed by atoms with E-state index in [0.717, 1.165) is 47.5 Å². The van der Waals surface area contributed by atoms with Crippen molar-refractivity contribution in [1.29, 1.82) is 0 Å². The number of carbonyl (C=O) groups is 1. The summed E-state index contributed by atoms with van der Waals surface area (Å²) in [6, 6.07) is 21.9. The highest BCUT2D eigenvalue weighted by Crippen LogP contribution is 2.30. The highest BCUT2D eigenvalue weighted by molar-refractivity contribution is 5.96. The van der Waals surface area contributed by atoms with E-state index in [2.05, 4.69) is 17.2 Å². The number of aliphatic hydroxyl groups excluding tert-OH is 1. The first kappa shape index (κ1) is 25.1. The number of nitrogens with zero attached hydrogens (tertiary/aromatic N) is 2. The number of hydrogen-bond acceptors (Lipinski definition) is 4. The van der Waals surface area contributed by atoms with Crippen LogP contribution in [0, 0.1) is 0 Å². The predicted molar refractivity (Wildman–Crippen MR) is 137 cm³/mol. The van der Waals surface area contributed by atoms with E-state index in [1.165, 1.54) is 0 Å². The summed E-state index contributed by atoms with van der Waals surface area (Å²) in [6.07, 6.45) is 3.86. The third-order valence-corrected chi connectivity index (χ3v) is 5.38. The Labute approximate surface area is 201 Å². The molecule has 3 rings (SSSR count). The second-order valence-electron chi connectivity index (χ2n) is 8.03. The number of aromatic nitrogens is 1. The second kappa shape index (κ2) is 13.2. The van der Waals surface area contributed by atoms with E-state index in [1.54, 1.807) is 0 Å². The van der Waals surface area contributed by atoms with Gasteiger partial charge in [0.15, 0.2) is 5.96 Å². The van der Waals surface area contributed by atoms with E-state index in [1.807, 2.05) is 71.3 Å². The van der Waals surface area contributed by atoms with Crippen LogP contribution in [0.1, 0.15) is 32.6 Å². The van der Waals surface area contributed by atoms with Gasteiger partial charge in [0.05, 0.1) is 6.61 Å². The van der Waals surface area contributed by atoms with Crippen LogP contribution >= 0.6 is 0 Å². The van der Waals surface area contributed by atoms with Crippen molar-refractivity contribution in [2.45, 2.75) is 39.2 Å². The van der Waals surface area contributed by atoms with Crippen LogP contribution in [0.25, 0.3) is 22.5 Å². The largest absolute Gasteiger partial charge is 0.494 e. The van der Waals surface area contributed by atoms with Crippen molar-refractivity contribution in [3.05, 3.63) is 66.7 Å². The topological polar surface area (TPSA) is 102 Å². The fraction of sp³-hybridized carbons (Fsp3) is 0.333. The fourth-order valence-corrected chi connectivity index (χ4v) is 3.65. The van der Waals surface area contributed by atoms with Gasteiger partial charge in [-0.25, -0.2) is 0 Å². The molecule has 0 spiro atoms. The van der Waals surface area contributed by atoms with Gasteiger partial charge >= 0.3 is 0 Å². The molecule has 180 valence electrons. The lowest BCUT2D eigenvalue weighted by Crippen LogP contribution is -2.39. The molecule has 0 aliphatic rings. The lowest BCUT2D eigenvalue weighted by Gasteiger charge is -2.15. The summed E-state index contributed by atoms with van der Waals surface area (Å²) in [5, 5.41) is 11.5. The van der Waals surface area contributed by atoms with Gasteiger partial charge in [0.1, 0.15) is 12.3 Å². The maximum Gasteiger partial charge on any atom is 0.246 e. The van der Waals surface area contributed by atoms with Crippen LogP contribution in [0.4, 0.5) is 0 Å². The maximum absolute atomic E-state index is 12.8. The van der Waals surface area contributed by atoms with Crippen LogP contribution in [-0.4, -0.2) is 41.3 Å². The molecule has 0 fully saturated rings. The second-order valence-corrected chi connectivity index (χ2v) is 8.03. The summed E-state index contributed by atoms with van der Waals surface area (Å²) >= 11 is 0. The number of benzene rings is 2. The first-order valence-corrected chi connectivity index (χ1v) is 11.8. The first-order valence-electron chi connectivity index (χ1n) is 11.8. The summed E-state index contributed by atoms with van der Waals surface area (Å²) in [5.41, 5.74) is 9.68. The van der Waals surface area contributed by atoms with Gasteiger partial charge in [0, 0.05) is 24.5 Å². The minimum Gasteiger partial charge on any atom is -0.494 e. The third kappa shape index (κ3) is 7.22. The van der Waals surface area contributed by atoms with Crippen LogP contribution in [0.3, 0.4) is 0 Å². The highest BCUT2D eigenvalue weighted by atomic mass is 16.5. The molecule has 1 heterocycles. The molecule has 4 N–H and O–H groups in total. The molecule has 0 aliphatic heterocycles. The van der Waals surface area contributed by atoms with Gasteiger partial charge in [-0.15, -0.1) is 0 Å². The molecule has 2 aromatic carbocycles. The summed E-state index contributed by atoms with van der Waals surface area (Å²) in [5.74, 6) is 0.625. The highest BCUT2D eigenvalue weighted by Gasteiger charge is 2.15. The van der Waals surface area contributed by atoms with Gasteiger partial charge < -0.3 is 20.1 Å². The zero-order chi connectivity index (χ0) is 24.2. The normalized spacial score (nSPS) is 11.4. The molecular weight excluding hydrogens is 428 g/mol. The van der Waals surface area contributed by atoms with E-state index >= 15 is 0 Å². The monoisotopic (exact) mass is 462 g/mol. The van der Waals surface area contributed by atoms with Crippen LogP contribution < -0.4 is 15.8 Å². The van der Waals surface area contributed by atoms with Crippen molar-refractivity contribution in [3.63, 3.8) is 0 Å². The minimum absolute atomic E-state index is 0.0282. The molecular formula is C27H34N4O3. The van der Waals surface area contributed by atoms with E-state index in [4.69, 9.17) is 15.6 Å². The van der Waals surface area contributed by atoms with E-state index in [9.17, 15) is 4.79 Å². The molecule has 0 atom stereocenters. The number of guanidine groups is 1. The molecule has 0 bridgehead atoms. The Bertz CT molecular complexity index is 1060. The van der Waals surface area contributed by atoms with E-state index < -0.39 is 0 Å². The SMILES string of the molecule is CCCCCOc1ccc(-c2ccc(-c3ccccc3)n2CC(=O)NC(N)=NCCCO)cc1. The molecule has 0 saturated heterocycles. The number of ether oxygens (including phenoxy) is 1. The summed E-state index contributed by atoms with van der Waals surface area (Å²) in [4.78, 5) is 16.9. The van der Waals surface area contributed by atoms with Gasteiger partial charge in [0.2, 0.25) is 5.91 Å². The number of hydrogen-bond donors (Lipinski definition) is 3. The van der Waals surface area contributed by atoms with Gasteiger partial charge in [-0.3, -0.25) is 15.1 Å². The number of aliphatic hydroxyl groups is 1. The average molecular weight is 463 g/mol. The molecule has 3 aromatic rings. The maximum atomic E-state index is 12.8. The summed E-state index contributed by atoms with van der Waals surface area (Å²) in [7, 11) is 0. The number of amides is 1. The van der Waals surface area contributed by atoms with Gasteiger partial charge in [-0.2, -0.15) is 0 Å². The van der Waals surface area contributed by atoms with E-state index in [0.29, 0.717) is 19.6 Å². The molecule has 0 radical (unpaired) electrons. The van der Waals surface area contributed by atoms with Crippen LogP contribution in [0.5, 0.6) is 5.75 Å². The molecule has 7 nitrogen and oxygen atoms in total. The Morgan fingerprint density at radius 3 is 2.29 bits per heavy atom. The van der Waals surface area contributed by atoms with Crippen LogP contribution in [-0.2, 0) is 11.3 Å². The van der Waals surface area contributed by atoms with Crippen LogP contribution in [0.15, 0.2) is 71.7 Å². The molecule has 34 heavy (non-hydrogen) atoms. The fourth-order valence-electron chi connectivity index (χ4n) is 3.65. The number of nitrogens with two attached hydrogens (primary N) is 1. The zero-order valence-corrected chi connectivity index (χ0v) is 19.7. The van der Waals surface area contributed by atoms with Crippen molar-refractivity contribution < 1.29 is 14.6 Å². The molecule has 0 unspecified atom stereocenters. The Morgan fingerprint density at radius 2 is 1.65 bits per heavy atom. The number of nitrogens with one attached hydrogen (secondary N) is 1. The molecule has 0 saturated carbocycles. The minimum atomic E-state index is -0.268. The lowest BCUT2D eigenvalue weighted by molar-refractivity contribution is -0.120. The van der Waals surface area contributed by atoms with Gasteiger partial charge in [0.25, 0.3) is 0 Å². The van der Waals surface area contributed by atoms with E-state index in [-0.39, 0.29) is 25.0 Å². The number of rotatable bonds is 12. The molecule has 1 aromatic heterocycles. The molecule has 1 amide bonds. The van der Waals surface area contributed by atoms with Crippen molar-refractivity contribution >= 4 is 11.9 Å².